The standard InChI is InChI=1S/C24H34Si2/c1-9-18-12-19-11-10-17(2)24(23(19)13-18)20-14-21(25(3,4)5)16-22(15-20)26(6,7)8/h10-11,13-16H,9,12H2,1-8H3. The third-order valence-electron chi connectivity index (χ3n) is 5.72. The molecule has 0 atom stereocenters. The monoisotopic (exact) mass is 378 g/mol. The summed E-state index contributed by atoms with van der Waals surface area (Å²) in [5, 5.41) is 3.20. The molecular formula is C24H34Si2. The van der Waals surface area contributed by atoms with Crippen molar-refractivity contribution < 1.29 is 0 Å². The first-order chi connectivity index (χ1) is 12.0. The number of rotatable bonds is 4. The summed E-state index contributed by atoms with van der Waals surface area (Å²) in [5.74, 6) is 0. The van der Waals surface area contributed by atoms with E-state index in [2.05, 4.69) is 89.5 Å². The van der Waals surface area contributed by atoms with Crippen molar-refractivity contribution >= 4 is 32.6 Å². The van der Waals surface area contributed by atoms with Crippen molar-refractivity contribution in [1.82, 2.24) is 0 Å². The number of hydrogen-bond acceptors (Lipinski definition) is 0. The minimum absolute atomic E-state index is 1.13. The molecule has 2 heteroatoms. The van der Waals surface area contributed by atoms with Gasteiger partial charge < -0.3 is 0 Å². The fourth-order valence-corrected chi connectivity index (χ4v) is 6.34. The number of hydrogen-bond donors (Lipinski definition) is 0. The molecule has 138 valence electrons. The van der Waals surface area contributed by atoms with Crippen molar-refractivity contribution in [1.29, 1.82) is 0 Å². The average Bonchev–Trinajstić information content (AvgIpc) is 2.95. The van der Waals surface area contributed by atoms with Gasteiger partial charge in [-0.25, -0.2) is 0 Å². The van der Waals surface area contributed by atoms with E-state index in [0.717, 1.165) is 12.8 Å². The Labute approximate surface area is 162 Å². The van der Waals surface area contributed by atoms with Gasteiger partial charge in [-0.3, -0.25) is 0 Å². The summed E-state index contributed by atoms with van der Waals surface area (Å²) in [6.45, 7) is 19.4. The summed E-state index contributed by atoms with van der Waals surface area (Å²) in [4.78, 5) is 0. The molecule has 2 aromatic carbocycles. The van der Waals surface area contributed by atoms with Gasteiger partial charge in [-0.15, -0.1) is 0 Å². The third kappa shape index (κ3) is 3.68. The van der Waals surface area contributed by atoms with Gasteiger partial charge in [-0.2, -0.15) is 0 Å². The molecule has 0 amide bonds. The normalized spacial score (nSPS) is 14.4. The Kier molecular flexibility index (Phi) is 4.96. The van der Waals surface area contributed by atoms with Crippen molar-refractivity contribution in [2.45, 2.75) is 66.0 Å². The fourth-order valence-electron chi connectivity index (χ4n) is 3.84. The zero-order valence-corrected chi connectivity index (χ0v) is 19.9. The van der Waals surface area contributed by atoms with Gasteiger partial charge in [0, 0.05) is 0 Å². The van der Waals surface area contributed by atoms with Crippen LogP contribution in [0.3, 0.4) is 0 Å². The molecule has 0 aliphatic heterocycles. The quantitative estimate of drug-likeness (QED) is 0.564. The van der Waals surface area contributed by atoms with Crippen LogP contribution in [0.2, 0.25) is 39.3 Å². The van der Waals surface area contributed by atoms with Gasteiger partial charge in [0.1, 0.15) is 0 Å². The van der Waals surface area contributed by atoms with Crippen molar-refractivity contribution in [3.8, 4) is 11.1 Å². The predicted octanol–water partition coefficient (Wildman–Crippen LogP) is 6.10. The van der Waals surface area contributed by atoms with E-state index in [4.69, 9.17) is 0 Å². The molecule has 2 aromatic rings. The highest BCUT2D eigenvalue weighted by molar-refractivity contribution is 6.91. The fraction of sp³-hybridized carbons (Fsp3) is 0.417. The summed E-state index contributed by atoms with van der Waals surface area (Å²) < 4.78 is 0. The van der Waals surface area contributed by atoms with Gasteiger partial charge in [0.25, 0.3) is 0 Å². The molecule has 0 radical (unpaired) electrons. The predicted molar refractivity (Wildman–Crippen MR) is 125 cm³/mol. The smallest absolute Gasteiger partial charge is 0.0656 e. The topological polar surface area (TPSA) is 0 Å². The molecular weight excluding hydrogens is 344 g/mol. The lowest BCUT2D eigenvalue weighted by molar-refractivity contribution is 1.04. The number of benzene rings is 2. The lowest BCUT2D eigenvalue weighted by atomic mass is 9.93. The summed E-state index contributed by atoms with van der Waals surface area (Å²) in [5.41, 5.74) is 8.90. The number of fused-ring (bicyclic) bond motifs is 1. The molecule has 1 aliphatic carbocycles. The van der Waals surface area contributed by atoms with Crippen LogP contribution < -0.4 is 10.4 Å². The summed E-state index contributed by atoms with van der Waals surface area (Å²) in [7, 11) is -2.73. The first-order valence-corrected chi connectivity index (χ1v) is 17.0. The van der Waals surface area contributed by atoms with Crippen LogP contribution in [0.4, 0.5) is 0 Å². The van der Waals surface area contributed by atoms with Crippen LogP contribution in [-0.4, -0.2) is 16.1 Å². The van der Waals surface area contributed by atoms with Gasteiger partial charge in [0.15, 0.2) is 0 Å². The minimum atomic E-state index is -1.36. The molecule has 0 aromatic heterocycles. The second kappa shape index (κ2) is 6.65. The number of allylic oxidation sites excluding steroid dienone is 1. The van der Waals surface area contributed by atoms with E-state index in [0.29, 0.717) is 0 Å². The van der Waals surface area contributed by atoms with Gasteiger partial charge >= 0.3 is 0 Å². The molecule has 26 heavy (non-hydrogen) atoms. The molecule has 0 saturated heterocycles. The maximum absolute atomic E-state index is 2.54. The maximum atomic E-state index is 2.54. The van der Waals surface area contributed by atoms with Crippen molar-refractivity contribution in [3.05, 3.63) is 52.6 Å². The first kappa shape index (κ1) is 19.4. The molecule has 0 heterocycles. The first-order valence-electron chi connectivity index (χ1n) is 9.99. The maximum Gasteiger partial charge on any atom is 0.0776 e. The Hall–Kier alpha value is -1.39. The van der Waals surface area contributed by atoms with Gasteiger partial charge in [0.2, 0.25) is 0 Å². The van der Waals surface area contributed by atoms with Gasteiger partial charge in [0.05, 0.1) is 16.1 Å². The largest absolute Gasteiger partial charge is 0.0776 e. The van der Waals surface area contributed by atoms with E-state index in [1.165, 1.54) is 27.8 Å². The Morgan fingerprint density at radius 3 is 1.92 bits per heavy atom. The molecule has 0 saturated carbocycles. The number of aryl methyl sites for hydroxylation is 1. The van der Waals surface area contributed by atoms with Crippen LogP contribution in [-0.2, 0) is 6.42 Å². The van der Waals surface area contributed by atoms with Crippen LogP contribution in [0.5, 0.6) is 0 Å². The van der Waals surface area contributed by atoms with E-state index < -0.39 is 16.1 Å². The van der Waals surface area contributed by atoms with E-state index in [9.17, 15) is 0 Å². The third-order valence-corrected chi connectivity index (χ3v) is 9.76. The summed E-state index contributed by atoms with van der Waals surface area (Å²) in [6, 6.07) is 12.2. The zero-order valence-electron chi connectivity index (χ0n) is 17.9. The van der Waals surface area contributed by atoms with Crippen LogP contribution in [0, 0.1) is 6.92 Å². The van der Waals surface area contributed by atoms with E-state index in [1.807, 2.05) is 0 Å². The minimum Gasteiger partial charge on any atom is -0.0656 e. The SMILES string of the molecule is CCC1=Cc2c(ccc(C)c2-c2cc([Si](C)(C)C)cc([Si](C)(C)C)c2)C1. The highest BCUT2D eigenvalue weighted by atomic mass is 28.3. The highest BCUT2D eigenvalue weighted by Crippen LogP contribution is 2.37. The van der Waals surface area contributed by atoms with Crippen molar-refractivity contribution in [2.24, 2.45) is 0 Å². The molecule has 0 unspecified atom stereocenters. The lowest BCUT2D eigenvalue weighted by Gasteiger charge is -2.25. The Bertz CT molecular complexity index is 842. The molecule has 1 aliphatic rings. The molecule has 0 fully saturated rings. The Balaban J connectivity index is 2.29. The molecule has 0 nitrogen and oxygen atoms in total. The van der Waals surface area contributed by atoms with Crippen molar-refractivity contribution in [3.63, 3.8) is 0 Å². The second-order valence-corrected chi connectivity index (χ2v) is 20.1. The molecule has 0 spiro atoms. The Morgan fingerprint density at radius 1 is 0.846 bits per heavy atom. The van der Waals surface area contributed by atoms with E-state index in [1.54, 1.807) is 15.9 Å². The summed E-state index contributed by atoms with van der Waals surface area (Å²) in [6.07, 6.45) is 4.75. The van der Waals surface area contributed by atoms with Gasteiger partial charge in [-0.05, 0) is 47.6 Å². The average molecular weight is 379 g/mol. The Morgan fingerprint density at radius 2 is 1.42 bits per heavy atom. The van der Waals surface area contributed by atoms with Crippen molar-refractivity contribution in [2.75, 3.05) is 0 Å². The van der Waals surface area contributed by atoms with Crippen LogP contribution in [0.1, 0.15) is 30.0 Å². The molecule has 0 N–H and O–H groups in total. The summed E-state index contributed by atoms with van der Waals surface area (Å²) >= 11 is 0. The zero-order chi connectivity index (χ0) is 19.3. The van der Waals surface area contributed by atoms with Gasteiger partial charge in [-0.1, -0.05) is 98.6 Å². The van der Waals surface area contributed by atoms with Crippen LogP contribution >= 0.6 is 0 Å². The molecule has 3 rings (SSSR count). The highest BCUT2D eigenvalue weighted by Gasteiger charge is 2.25. The van der Waals surface area contributed by atoms with Crippen LogP contribution in [0.15, 0.2) is 35.9 Å². The lowest BCUT2D eigenvalue weighted by Crippen LogP contribution is -2.45. The van der Waals surface area contributed by atoms with E-state index in [-0.39, 0.29) is 0 Å². The molecule has 0 bridgehead atoms. The van der Waals surface area contributed by atoms with E-state index >= 15 is 0 Å². The van der Waals surface area contributed by atoms with Crippen LogP contribution in [0.25, 0.3) is 17.2 Å². The second-order valence-electron chi connectivity index (χ2n) is 9.96.